The minimum atomic E-state index is -0.515. The third-order valence-electron chi connectivity index (χ3n) is 3.49. The summed E-state index contributed by atoms with van der Waals surface area (Å²) in [6, 6.07) is 5.36. The first-order valence-corrected chi connectivity index (χ1v) is 7.43. The minimum Gasteiger partial charge on any atom is -0.349 e. The molecule has 0 spiro atoms. The minimum absolute atomic E-state index is 0.124. The lowest BCUT2D eigenvalue weighted by atomic mass is 10.2. The van der Waals surface area contributed by atoms with Gasteiger partial charge in [-0.1, -0.05) is 5.21 Å². The topological polar surface area (TPSA) is 94.7 Å². The summed E-state index contributed by atoms with van der Waals surface area (Å²) in [5.74, 6) is -0.853. The van der Waals surface area contributed by atoms with Crippen LogP contribution in [0.4, 0.5) is 4.39 Å². The highest BCUT2D eigenvalue weighted by atomic mass is 19.1. The number of fused-ring (bicyclic) bond motifs is 1. The maximum atomic E-state index is 13.3. The molecule has 124 valence electrons. The highest BCUT2D eigenvalue weighted by molar-refractivity contribution is 5.92. The summed E-state index contributed by atoms with van der Waals surface area (Å²) < 4.78 is 16.0. The molecule has 3 rings (SSSR count). The average molecular weight is 330 g/mol. The monoisotopic (exact) mass is 330 g/mol. The zero-order valence-electron chi connectivity index (χ0n) is 12.9. The van der Waals surface area contributed by atoms with Crippen LogP contribution >= 0.6 is 0 Å². The van der Waals surface area contributed by atoms with E-state index in [0.717, 1.165) is 10.7 Å². The zero-order chi connectivity index (χ0) is 17.1. The van der Waals surface area contributed by atoms with Crippen LogP contribution in [0.1, 0.15) is 17.4 Å². The van der Waals surface area contributed by atoms with E-state index < -0.39 is 11.4 Å². The molecule has 0 radical (unpaired) electrons. The molecule has 0 aliphatic rings. The number of aromatic nitrogens is 5. The lowest BCUT2D eigenvalue weighted by Gasteiger charge is -2.06. The number of rotatable bonds is 5. The van der Waals surface area contributed by atoms with Crippen LogP contribution in [0, 0.1) is 5.82 Å². The van der Waals surface area contributed by atoms with E-state index in [2.05, 4.69) is 20.7 Å². The third-order valence-corrected chi connectivity index (χ3v) is 3.49. The van der Waals surface area contributed by atoms with Crippen molar-refractivity contribution in [2.24, 2.45) is 0 Å². The summed E-state index contributed by atoms with van der Waals surface area (Å²) in [4.78, 5) is 24.2. The van der Waals surface area contributed by atoms with Crippen molar-refractivity contribution in [1.82, 2.24) is 30.1 Å². The van der Waals surface area contributed by atoms with E-state index in [9.17, 15) is 14.0 Å². The molecule has 9 heteroatoms. The first-order chi connectivity index (χ1) is 11.6. The van der Waals surface area contributed by atoms with E-state index in [1.807, 2.05) is 6.92 Å². The van der Waals surface area contributed by atoms with Crippen LogP contribution in [0.5, 0.6) is 0 Å². The number of halogens is 1. The number of amides is 1. The summed E-state index contributed by atoms with van der Waals surface area (Å²) in [7, 11) is 0. The third kappa shape index (κ3) is 3.14. The van der Waals surface area contributed by atoms with E-state index in [-0.39, 0.29) is 24.4 Å². The summed E-state index contributed by atoms with van der Waals surface area (Å²) >= 11 is 0. The molecular weight excluding hydrogens is 315 g/mol. The molecule has 0 saturated heterocycles. The van der Waals surface area contributed by atoms with Gasteiger partial charge in [-0.25, -0.2) is 9.07 Å². The van der Waals surface area contributed by atoms with Gasteiger partial charge in [-0.15, -0.1) is 5.10 Å². The molecule has 0 atom stereocenters. The van der Waals surface area contributed by atoms with Crippen LogP contribution in [0.25, 0.3) is 10.9 Å². The number of carbonyl (C=O) groups excluding carboxylic acids is 1. The SMILES string of the molecule is CCn1ccc(C(=O)NCCn2nnc3ccc(F)cc3c2=O)n1. The van der Waals surface area contributed by atoms with Crippen LogP contribution in [0.2, 0.25) is 0 Å². The number of hydrogen-bond donors (Lipinski definition) is 1. The van der Waals surface area contributed by atoms with Crippen molar-refractivity contribution in [2.75, 3.05) is 6.54 Å². The fourth-order valence-corrected chi connectivity index (χ4v) is 2.22. The Balaban J connectivity index is 1.68. The van der Waals surface area contributed by atoms with E-state index in [1.54, 1.807) is 16.9 Å². The smallest absolute Gasteiger partial charge is 0.277 e. The second-order valence-electron chi connectivity index (χ2n) is 5.09. The second kappa shape index (κ2) is 6.57. The summed E-state index contributed by atoms with van der Waals surface area (Å²) in [6.07, 6.45) is 1.71. The molecule has 8 nitrogen and oxygen atoms in total. The molecule has 0 saturated carbocycles. The van der Waals surface area contributed by atoms with Crippen molar-refractivity contribution in [3.05, 3.63) is 52.3 Å². The Hall–Kier alpha value is -3.10. The fraction of sp³-hybridized carbons (Fsp3) is 0.267. The Bertz CT molecular complexity index is 949. The first kappa shape index (κ1) is 15.8. The lowest BCUT2D eigenvalue weighted by Crippen LogP contribution is -2.32. The Morgan fingerprint density at radius 3 is 2.92 bits per heavy atom. The maximum absolute atomic E-state index is 13.3. The average Bonchev–Trinajstić information content (AvgIpc) is 3.06. The van der Waals surface area contributed by atoms with Gasteiger partial charge in [0.25, 0.3) is 11.5 Å². The van der Waals surface area contributed by atoms with Crippen LogP contribution in [-0.2, 0) is 13.1 Å². The highest BCUT2D eigenvalue weighted by Gasteiger charge is 2.10. The van der Waals surface area contributed by atoms with Gasteiger partial charge in [0.2, 0.25) is 0 Å². The Kier molecular flexibility index (Phi) is 4.32. The molecule has 2 aromatic heterocycles. The van der Waals surface area contributed by atoms with Crippen molar-refractivity contribution in [2.45, 2.75) is 20.0 Å². The molecular formula is C15H15FN6O2. The second-order valence-corrected chi connectivity index (χ2v) is 5.09. The number of nitrogens with zero attached hydrogens (tertiary/aromatic N) is 5. The van der Waals surface area contributed by atoms with Gasteiger partial charge in [-0.2, -0.15) is 5.10 Å². The first-order valence-electron chi connectivity index (χ1n) is 7.43. The Labute approximate surface area is 135 Å². The Morgan fingerprint density at radius 2 is 2.17 bits per heavy atom. The van der Waals surface area contributed by atoms with Gasteiger partial charge in [-0.05, 0) is 31.2 Å². The van der Waals surface area contributed by atoms with Crippen LogP contribution in [-0.4, -0.2) is 37.2 Å². The van der Waals surface area contributed by atoms with E-state index in [1.165, 1.54) is 12.1 Å². The Morgan fingerprint density at radius 1 is 1.33 bits per heavy atom. The van der Waals surface area contributed by atoms with Gasteiger partial charge in [-0.3, -0.25) is 14.3 Å². The molecule has 0 bridgehead atoms. The standard InChI is InChI=1S/C15H15FN6O2/c1-2-21-7-5-13(19-21)14(23)17-6-8-22-15(24)11-9-10(16)3-4-12(11)18-20-22/h3-5,7,9H,2,6,8H2,1H3,(H,17,23). The van der Waals surface area contributed by atoms with Gasteiger partial charge in [0, 0.05) is 19.3 Å². The van der Waals surface area contributed by atoms with Crippen molar-refractivity contribution >= 4 is 16.8 Å². The van der Waals surface area contributed by atoms with Crippen molar-refractivity contribution in [3.8, 4) is 0 Å². The normalized spacial score (nSPS) is 10.9. The molecule has 0 aliphatic carbocycles. The van der Waals surface area contributed by atoms with Crippen LogP contribution in [0.3, 0.4) is 0 Å². The molecule has 0 aliphatic heterocycles. The summed E-state index contributed by atoms with van der Waals surface area (Å²) in [6.45, 7) is 2.89. The number of nitrogens with one attached hydrogen (secondary N) is 1. The van der Waals surface area contributed by atoms with Crippen molar-refractivity contribution < 1.29 is 9.18 Å². The number of aryl methyl sites for hydroxylation is 1. The predicted molar refractivity (Wildman–Crippen MR) is 84.0 cm³/mol. The van der Waals surface area contributed by atoms with Gasteiger partial charge in [0.05, 0.1) is 11.9 Å². The number of hydrogen-bond acceptors (Lipinski definition) is 5. The molecule has 1 aromatic carbocycles. The van der Waals surface area contributed by atoms with Gasteiger partial charge < -0.3 is 5.32 Å². The summed E-state index contributed by atoms with van der Waals surface area (Å²) in [5, 5.41) is 14.6. The van der Waals surface area contributed by atoms with Crippen LogP contribution < -0.4 is 10.9 Å². The zero-order valence-corrected chi connectivity index (χ0v) is 12.9. The largest absolute Gasteiger partial charge is 0.349 e. The van der Waals surface area contributed by atoms with E-state index in [0.29, 0.717) is 17.8 Å². The lowest BCUT2D eigenvalue weighted by molar-refractivity contribution is 0.0946. The van der Waals surface area contributed by atoms with E-state index in [4.69, 9.17) is 0 Å². The number of benzene rings is 1. The van der Waals surface area contributed by atoms with Crippen LogP contribution in [0.15, 0.2) is 35.3 Å². The molecule has 0 unspecified atom stereocenters. The highest BCUT2D eigenvalue weighted by Crippen LogP contribution is 2.07. The molecule has 1 N–H and O–H groups in total. The van der Waals surface area contributed by atoms with Gasteiger partial charge in [0.1, 0.15) is 17.0 Å². The molecule has 1 amide bonds. The fourth-order valence-electron chi connectivity index (χ4n) is 2.22. The summed E-state index contributed by atoms with van der Waals surface area (Å²) in [5.41, 5.74) is 0.173. The van der Waals surface area contributed by atoms with Gasteiger partial charge >= 0.3 is 0 Å². The van der Waals surface area contributed by atoms with Crippen molar-refractivity contribution in [1.29, 1.82) is 0 Å². The quantitative estimate of drug-likeness (QED) is 0.738. The maximum Gasteiger partial charge on any atom is 0.277 e. The molecule has 3 aromatic rings. The number of carbonyl (C=O) groups is 1. The molecule has 2 heterocycles. The predicted octanol–water partition coefficient (Wildman–Crippen LogP) is 0.577. The van der Waals surface area contributed by atoms with Crippen molar-refractivity contribution in [3.63, 3.8) is 0 Å². The van der Waals surface area contributed by atoms with Gasteiger partial charge in [0.15, 0.2) is 0 Å². The molecule has 24 heavy (non-hydrogen) atoms. The van der Waals surface area contributed by atoms with E-state index >= 15 is 0 Å². The molecule has 0 fully saturated rings.